The van der Waals surface area contributed by atoms with Crippen LogP contribution in [-0.4, -0.2) is 42.8 Å². The number of rotatable bonds is 7. The van der Waals surface area contributed by atoms with Gasteiger partial charge in [-0.1, -0.05) is 24.3 Å². The second kappa shape index (κ2) is 11.7. The first-order chi connectivity index (χ1) is 18.1. The molecule has 1 aliphatic heterocycles. The minimum absolute atomic E-state index is 0.142. The molecule has 0 saturated carbocycles. The average molecular weight is 535 g/mol. The van der Waals surface area contributed by atoms with Gasteiger partial charge < -0.3 is 20.3 Å². The lowest BCUT2D eigenvalue weighted by atomic mass is 10.0. The van der Waals surface area contributed by atoms with Crippen LogP contribution < -0.4 is 15.5 Å². The van der Waals surface area contributed by atoms with Gasteiger partial charge in [0.2, 0.25) is 5.91 Å². The number of halogens is 1. The van der Waals surface area contributed by atoms with Crippen LogP contribution in [0, 0.1) is 17.1 Å². The number of amides is 2. The number of benzene rings is 2. The standard InChI is InChI=1S/C29H31FN4O3S/c1-29(2,3)37-28(36)33-25(16-24-5-4-14-38-24)27(35)32-23-12-13-34(18-23)26-11-8-20(15-21(26)17-31)19-6-9-22(30)10-7-19/h4-11,14-15,23,25H,12-13,16,18H2,1-3H3,(H,32,35)(H,33,36). The first-order valence-electron chi connectivity index (χ1n) is 12.5. The molecule has 3 aromatic rings. The summed E-state index contributed by atoms with van der Waals surface area (Å²) in [6, 6.07) is 17.0. The lowest BCUT2D eigenvalue weighted by Gasteiger charge is -2.24. The number of nitriles is 1. The monoisotopic (exact) mass is 534 g/mol. The molecule has 2 N–H and O–H groups in total. The summed E-state index contributed by atoms with van der Waals surface area (Å²) in [5.74, 6) is -0.585. The lowest BCUT2D eigenvalue weighted by molar-refractivity contribution is -0.123. The Morgan fingerprint density at radius 2 is 1.92 bits per heavy atom. The minimum Gasteiger partial charge on any atom is -0.444 e. The SMILES string of the molecule is CC(C)(C)OC(=O)NC(Cc1cccs1)C(=O)NC1CCN(c2ccc(-c3ccc(F)cc3)cc2C#N)C1. The maximum absolute atomic E-state index is 13.3. The van der Waals surface area contributed by atoms with Gasteiger partial charge in [0.25, 0.3) is 0 Å². The van der Waals surface area contributed by atoms with Gasteiger partial charge in [0.1, 0.15) is 23.5 Å². The second-order valence-corrected chi connectivity index (χ2v) is 11.3. The zero-order valence-electron chi connectivity index (χ0n) is 21.7. The van der Waals surface area contributed by atoms with Gasteiger partial charge in [-0.15, -0.1) is 11.3 Å². The Bertz CT molecular complexity index is 1310. The highest BCUT2D eigenvalue weighted by Crippen LogP contribution is 2.29. The third kappa shape index (κ3) is 7.11. The fourth-order valence-corrected chi connectivity index (χ4v) is 5.16. The van der Waals surface area contributed by atoms with E-state index in [9.17, 15) is 19.2 Å². The van der Waals surface area contributed by atoms with Crippen molar-refractivity contribution in [3.8, 4) is 17.2 Å². The molecule has 0 aliphatic carbocycles. The number of alkyl carbamates (subject to hydrolysis) is 1. The smallest absolute Gasteiger partial charge is 0.408 e. The number of nitrogens with zero attached hydrogens (tertiary/aromatic N) is 2. The van der Waals surface area contributed by atoms with E-state index in [2.05, 4.69) is 21.6 Å². The van der Waals surface area contributed by atoms with Crippen molar-refractivity contribution in [1.82, 2.24) is 10.6 Å². The zero-order valence-corrected chi connectivity index (χ0v) is 22.5. The number of nitrogens with one attached hydrogen (secondary N) is 2. The minimum atomic E-state index is -0.776. The summed E-state index contributed by atoms with van der Waals surface area (Å²) in [5, 5.41) is 17.5. The van der Waals surface area contributed by atoms with E-state index in [1.54, 1.807) is 39.0 Å². The van der Waals surface area contributed by atoms with Crippen molar-refractivity contribution in [2.24, 2.45) is 0 Å². The van der Waals surface area contributed by atoms with Crippen LogP contribution in [-0.2, 0) is 16.0 Å². The van der Waals surface area contributed by atoms with Crippen molar-refractivity contribution in [1.29, 1.82) is 5.26 Å². The van der Waals surface area contributed by atoms with E-state index in [-0.39, 0.29) is 17.8 Å². The summed E-state index contributed by atoms with van der Waals surface area (Å²) in [5.41, 5.74) is 2.29. The molecule has 198 valence electrons. The van der Waals surface area contributed by atoms with Gasteiger partial charge in [-0.25, -0.2) is 9.18 Å². The van der Waals surface area contributed by atoms with Crippen LogP contribution in [0.2, 0.25) is 0 Å². The van der Waals surface area contributed by atoms with Crippen molar-refractivity contribution in [3.63, 3.8) is 0 Å². The van der Waals surface area contributed by atoms with E-state index < -0.39 is 17.7 Å². The van der Waals surface area contributed by atoms with Crippen LogP contribution in [0.3, 0.4) is 0 Å². The highest BCUT2D eigenvalue weighted by molar-refractivity contribution is 7.09. The third-order valence-electron chi connectivity index (χ3n) is 6.16. The fraction of sp³-hybridized carbons (Fsp3) is 0.345. The van der Waals surface area contributed by atoms with Crippen molar-refractivity contribution >= 4 is 29.0 Å². The topological polar surface area (TPSA) is 94.5 Å². The Balaban J connectivity index is 1.42. The Morgan fingerprint density at radius 1 is 1.18 bits per heavy atom. The molecule has 9 heteroatoms. The number of hydrogen-bond acceptors (Lipinski definition) is 6. The quantitative estimate of drug-likeness (QED) is 0.431. The summed E-state index contributed by atoms with van der Waals surface area (Å²) < 4.78 is 18.7. The first-order valence-corrected chi connectivity index (χ1v) is 13.4. The van der Waals surface area contributed by atoms with E-state index in [4.69, 9.17) is 4.74 Å². The van der Waals surface area contributed by atoms with Gasteiger partial charge in [0.05, 0.1) is 11.3 Å². The highest BCUT2D eigenvalue weighted by Gasteiger charge is 2.30. The molecular formula is C29H31FN4O3S. The van der Waals surface area contributed by atoms with Gasteiger partial charge >= 0.3 is 6.09 Å². The number of thiophene rings is 1. The van der Waals surface area contributed by atoms with Crippen molar-refractivity contribution in [3.05, 3.63) is 76.2 Å². The van der Waals surface area contributed by atoms with E-state index in [0.29, 0.717) is 31.5 Å². The normalized spacial score (nSPS) is 16.0. The van der Waals surface area contributed by atoms with Crippen LogP contribution in [0.5, 0.6) is 0 Å². The number of ether oxygens (including phenoxy) is 1. The summed E-state index contributed by atoms with van der Waals surface area (Å²) in [7, 11) is 0. The molecule has 7 nitrogen and oxygen atoms in total. The Kier molecular flexibility index (Phi) is 8.32. The van der Waals surface area contributed by atoms with Gasteiger partial charge in [-0.2, -0.15) is 5.26 Å². The summed E-state index contributed by atoms with van der Waals surface area (Å²) in [6.07, 6.45) is 0.430. The number of carbonyl (C=O) groups excluding carboxylic acids is 2. The molecule has 1 saturated heterocycles. The van der Waals surface area contributed by atoms with E-state index in [1.165, 1.54) is 23.5 Å². The van der Waals surface area contributed by atoms with Crippen LogP contribution in [0.15, 0.2) is 60.0 Å². The van der Waals surface area contributed by atoms with Crippen molar-refractivity contribution < 1.29 is 18.7 Å². The number of anilines is 1. The molecule has 2 amide bonds. The second-order valence-electron chi connectivity index (χ2n) is 10.3. The third-order valence-corrected chi connectivity index (χ3v) is 7.06. The molecule has 1 aliphatic rings. The number of hydrogen-bond donors (Lipinski definition) is 2. The average Bonchev–Trinajstić information content (AvgIpc) is 3.55. The van der Waals surface area contributed by atoms with Gasteiger partial charge in [0.15, 0.2) is 0 Å². The van der Waals surface area contributed by atoms with Crippen molar-refractivity contribution in [2.75, 3.05) is 18.0 Å². The van der Waals surface area contributed by atoms with Gasteiger partial charge in [-0.3, -0.25) is 4.79 Å². The number of carbonyl (C=O) groups is 2. The zero-order chi connectivity index (χ0) is 27.3. The maximum Gasteiger partial charge on any atom is 0.408 e. The summed E-state index contributed by atoms with van der Waals surface area (Å²) in [4.78, 5) is 28.7. The predicted molar refractivity (Wildman–Crippen MR) is 146 cm³/mol. The molecule has 0 spiro atoms. The maximum atomic E-state index is 13.3. The molecule has 2 heterocycles. The van der Waals surface area contributed by atoms with Crippen LogP contribution in [0.25, 0.3) is 11.1 Å². The van der Waals surface area contributed by atoms with E-state index >= 15 is 0 Å². The molecule has 0 bridgehead atoms. The molecule has 1 aromatic heterocycles. The van der Waals surface area contributed by atoms with Gasteiger partial charge in [-0.05, 0) is 74.0 Å². The molecule has 2 aromatic carbocycles. The Labute approximate surface area is 226 Å². The molecule has 2 unspecified atom stereocenters. The molecule has 38 heavy (non-hydrogen) atoms. The van der Waals surface area contributed by atoms with Crippen LogP contribution >= 0.6 is 11.3 Å². The molecule has 4 rings (SSSR count). The lowest BCUT2D eigenvalue weighted by Crippen LogP contribution is -2.52. The molecule has 2 atom stereocenters. The highest BCUT2D eigenvalue weighted by atomic mass is 32.1. The Morgan fingerprint density at radius 3 is 2.58 bits per heavy atom. The Hall–Kier alpha value is -3.90. The molecule has 0 radical (unpaired) electrons. The predicted octanol–water partition coefficient (Wildman–Crippen LogP) is 5.26. The van der Waals surface area contributed by atoms with Crippen LogP contribution in [0.4, 0.5) is 14.9 Å². The summed E-state index contributed by atoms with van der Waals surface area (Å²) >= 11 is 1.52. The molecular weight excluding hydrogens is 503 g/mol. The molecule has 1 fully saturated rings. The van der Waals surface area contributed by atoms with E-state index in [1.807, 2.05) is 29.6 Å². The van der Waals surface area contributed by atoms with Crippen molar-refractivity contribution in [2.45, 2.75) is 51.3 Å². The van der Waals surface area contributed by atoms with Gasteiger partial charge in [0, 0.05) is 30.4 Å². The first kappa shape index (κ1) is 27.1. The summed E-state index contributed by atoms with van der Waals surface area (Å²) in [6.45, 7) is 6.53. The fourth-order valence-electron chi connectivity index (χ4n) is 4.41. The van der Waals surface area contributed by atoms with Crippen LogP contribution in [0.1, 0.15) is 37.6 Å². The van der Waals surface area contributed by atoms with E-state index in [0.717, 1.165) is 21.7 Å². The largest absolute Gasteiger partial charge is 0.444 e.